The Kier molecular flexibility index (Phi) is 6.32. The lowest BCUT2D eigenvalue weighted by Crippen LogP contribution is -2.39. The van der Waals surface area contributed by atoms with Gasteiger partial charge in [0.05, 0.1) is 12.3 Å². The van der Waals surface area contributed by atoms with Gasteiger partial charge in [-0.25, -0.2) is 4.68 Å². The molecule has 34 heavy (non-hydrogen) atoms. The zero-order valence-corrected chi connectivity index (χ0v) is 20.1. The molecule has 3 aromatic heterocycles. The molecule has 0 unspecified atom stereocenters. The van der Waals surface area contributed by atoms with E-state index in [9.17, 15) is 4.79 Å². The third-order valence-corrected chi connectivity index (χ3v) is 7.07. The van der Waals surface area contributed by atoms with Crippen LogP contribution in [0.1, 0.15) is 73.3 Å². The molecule has 0 aliphatic heterocycles. The molecule has 5 rings (SSSR count). The normalized spacial score (nSPS) is 15.5. The molecule has 1 saturated carbocycles. The molecule has 0 spiro atoms. The second kappa shape index (κ2) is 9.54. The maximum atomic E-state index is 13.1. The number of aryl methyl sites for hydroxylation is 2. The number of fused-ring (bicyclic) bond motifs is 1. The quantitative estimate of drug-likeness (QED) is 0.411. The highest BCUT2D eigenvalue weighted by Crippen LogP contribution is 2.34. The lowest BCUT2D eigenvalue weighted by atomic mass is 10.0. The summed E-state index contributed by atoms with van der Waals surface area (Å²) in [5, 5.41) is 13.8. The van der Waals surface area contributed by atoms with Crippen LogP contribution in [-0.4, -0.2) is 36.1 Å². The predicted molar refractivity (Wildman–Crippen MR) is 131 cm³/mol. The average Bonchev–Trinajstić information content (AvgIpc) is 3.58. The first kappa shape index (κ1) is 22.5. The number of benzene rings is 1. The predicted octanol–water partition coefficient (Wildman–Crippen LogP) is 4.67. The Morgan fingerprint density at radius 3 is 2.79 bits per heavy atom. The van der Waals surface area contributed by atoms with Crippen LogP contribution in [0.4, 0.5) is 0 Å². The number of aromatic amines is 1. The van der Waals surface area contributed by atoms with Gasteiger partial charge in [-0.3, -0.25) is 9.69 Å². The fraction of sp³-hybridized carbons (Fsp3) is 0.462. The number of H-pyrrole nitrogens is 1. The van der Waals surface area contributed by atoms with Gasteiger partial charge in [0, 0.05) is 29.1 Å². The van der Waals surface area contributed by atoms with Crippen LogP contribution in [-0.2, 0) is 13.1 Å². The highest BCUT2D eigenvalue weighted by Gasteiger charge is 2.32. The molecule has 8 heteroatoms. The Bertz CT molecular complexity index is 1320. The van der Waals surface area contributed by atoms with Gasteiger partial charge in [0.2, 0.25) is 0 Å². The molecule has 0 radical (unpaired) electrons. The number of furan rings is 1. The third-order valence-electron chi connectivity index (χ3n) is 7.07. The second-order valence-corrected chi connectivity index (χ2v) is 9.48. The number of tetrazole rings is 1. The first-order valence-electron chi connectivity index (χ1n) is 12.2. The summed E-state index contributed by atoms with van der Waals surface area (Å²) in [4.78, 5) is 18.7. The van der Waals surface area contributed by atoms with Gasteiger partial charge in [-0.05, 0) is 78.9 Å². The van der Waals surface area contributed by atoms with E-state index in [4.69, 9.17) is 4.42 Å². The number of hydrogen-bond acceptors (Lipinski definition) is 6. The summed E-state index contributed by atoms with van der Waals surface area (Å²) in [6, 6.07) is 10.5. The molecule has 0 amide bonds. The minimum absolute atomic E-state index is 0.00211. The van der Waals surface area contributed by atoms with Crippen molar-refractivity contribution in [3.05, 3.63) is 75.2 Å². The maximum absolute atomic E-state index is 13.1. The highest BCUT2D eigenvalue weighted by atomic mass is 16.3. The van der Waals surface area contributed by atoms with Gasteiger partial charge in [-0.15, -0.1) is 5.10 Å². The summed E-state index contributed by atoms with van der Waals surface area (Å²) in [6.45, 7) is 7.37. The first-order valence-corrected chi connectivity index (χ1v) is 12.2. The van der Waals surface area contributed by atoms with Crippen molar-refractivity contribution in [3.63, 3.8) is 0 Å². The van der Waals surface area contributed by atoms with Gasteiger partial charge in [0.15, 0.2) is 5.82 Å². The van der Waals surface area contributed by atoms with Gasteiger partial charge < -0.3 is 9.40 Å². The van der Waals surface area contributed by atoms with Crippen molar-refractivity contribution in [1.82, 2.24) is 30.1 Å². The zero-order valence-electron chi connectivity index (χ0n) is 20.1. The van der Waals surface area contributed by atoms with Crippen molar-refractivity contribution in [3.8, 4) is 0 Å². The minimum Gasteiger partial charge on any atom is -0.467 e. The fourth-order valence-electron chi connectivity index (χ4n) is 5.44. The molecule has 1 aliphatic carbocycles. The molecular formula is C26H32N6O2. The van der Waals surface area contributed by atoms with E-state index in [1.54, 1.807) is 6.26 Å². The molecule has 1 aromatic carbocycles. The molecule has 0 saturated heterocycles. The summed E-state index contributed by atoms with van der Waals surface area (Å²) >= 11 is 0. The summed E-state index contributed by atoms with van der Waals surface area (Å²) in [5.74, 6) is 1.63. The second-order valence-electron chi connectivity index (χ2n) is 9.48. The van der Waals surface area contributed by atoms with Gasteiger partial charge in [-0.1, -0.05) is 25.8 Å². The van der Waals surface area contributed by atoms with Crippen LogP contribution in [0.25, 0.3) is 10.9 Å². The molecule has 1 N–H and O–H groups in total. The number of pyridine rings is 1. The molecular weight excluding hydrogens is 428 g/mol. The lowest BCUT2D eigenvalue weighted by Gasteiger charge is -2.35. The van der Waals surface area contributed by atoms with Crippen LogP contribution in [0.5, 0.6) is 0 Å². The maximum Gasteiger partial charge on any atom is 0.252 e. The lowest BCUT2D eigenvalue weighted by molar-refractivity contribution is 0.112. The molecule has 8 nitrogen and oxygen atoms in total. The van der Waals surface area contributed by atoms with E-state index in [0.29, 0.717) is 19.1 Å². The number of hydrogen-bond donors (Lipinski definition) is 1. The number of nitrogens with one attached hydrogen (secondary N) is 1. The van der Waals surface area contributed by atoms with E-state index in [1.165, 1.54) is 18.4 Å². The average molecular weight is 461 g/mol. The third kappa shape index (κ3) is 4.42. The van der Waals surface area contributed by atoms with Crippen LogP contribution in [0.3, 0.4) is 0 Å². The zero-order chi connectivity index (χ0) is 23.7. The van der Waals surface area contributed by atoms with Gasteiger partial charge >= 0.3 is 0 Å². The van der Waals surface area contributed by atoms with Gasteiger partial charge in [0.25, 0.3) is 5.56 Å². The van der Waals surface area contributed by atoms with Gasteiger partial charge in [0.1, 0.15) is 12.3 Å². The Hall–Kier alpha value is -3.26. The molecule has 1 atom stereocenters. The van der Waals surface area contributed by atoms with E-state index in [1.807, 2.05) is 22.9 Å². The van der Waals surface area contributed by atoms with Crippen LogP contribution in [0.15, 0.2) is 45.8 Å². The fourth-order valence-corrected chi connectivity index (χ4v) is 5.44. The van der Waals surface area contributed by atoms with Crippen molar-refractivity contribution in [2.75, 3.05) is 0 Å². The Labute approximate surface area is 199 Å². The summed E-state index contributed by atoms with van der Waals surface area (Å²) < 4.78 is 7.36. The SMILES string of the molecule is CC[C@@H](c1nnnn1Cc1ccco1)N(Cc1cc2c(C)cc(C)cc2[nH]c1=O)C1CCCC1. The largest absolute Gasteiger partial charge is 0.467 e. The smallest absolute Gasteiger partial charge is 0.252 e. The molecule has 3 heterocycles. The number of rotatable bonds is 8. The van der Waals surface area contributed by atoms with E-state index in [0.717, 1.165) is 52.9 Å². The Morgan fingerprint density at radius 1 is 1.24 bits per heavy atom. The molecule has 1 aliphatic rings. The summed E-state index contributed by atoms with van der Waals surface area (Å²) in [5.41, 5.74) is 3.98. The standard InChI is InChI=1S/C26H32N6O2/c1-4-24(25-28-29-30-32(25)16-21-10-7-11-34-21)31(20-8-5-6-9-20)15-19-14-22-18(3)12-17(2)13-23(22)27-26(19)33/h7,10-14,20,24H,4-6,8-9,15-16H2,1-3H3,(H,27,33)/t24-/m0/s1. The van der Waals surface area contributed by atoms with Crippen LogP contribution in [0, 0.1) is 13.8 Å². The van der Waals surface area contributed by atoms with Crippen molar-refractivity contribution < 1.29 is 4.42 Å². The van der Waals surface area contributed by atoms with Crippen molar-refractivity contribution in [1.29, 1.82) is 0 Å². The highest BCUT2D eigenvalue weighted by molar-refractivity contribution is 5.83. The molecule has 0 bridgehead atoms. The number of aromatic nitrogens is 5. The van der Waals surface area contributed by atoms with Crippen LogP contribution < -0.4 is 5.56 Å². The van der Waals surface area contributed by atoms with E-state index in [2.05, 4.69) is 58.3 Å². The van der Waals surface area contributed by atoms with Crippen molar-refractivity contribution in [2.45, 2.75) is 78.0 Å². The van der Waals surface area contributed by atoms with E-state index in [-0.39, 0.29) is 11.6 Å². The van der Waals surface area contributed by atoms with E-state index < -0.39 is 0 Å². The topological polar surface area (TPSA) is 92.8 Å². The van der Waals surface area contributed by atoms with Gasteiger partial charge in [-0.2, -0.15) is 0 Å². The van der Waals surface area contributed by atoms with Crippen molar-refractivity contribution in [2.24, 2.45) is 0 Å². The first-order chi connectivity index (χ1) is 16.5. The number of nitrogens with zero attached hydrogens (tertiary/aromatic N) is 5. The molecule has 1 fully saturated rings. The van der Waals surface area contributed by atoms with Crippen LogP contribution >= 0.6 is 0 Å². The Balaban J connectivity index is 1.52. The molecule has 4 aromatic rings. The van der Waals surface area contributed by atoms with Crippen molar-refractivity contribution >= 4 is 10.9 Å². The van der Waals surface area contributed by atoms with E-state index >= 15 is 0 Å². The minimum atomic E-state index is -0.0227. The van der Waals surface area contributed by atoms with Crippen LogP contribution in [0.2, 0.25) is 0 Å². The summed E-state index contributed by atoms with van der Waals surface area (Å²) in [6.07, 6.45) is 7.18. The summed E-state index contributed by atoms with van der Waals surface area (Å²) in [7, 11) is 0. The molecule has 178 valence electrons. The monoisotopic (exact) mass is 460 g/mol. The Morgan fingerprint density at radius 2 is 2.06 bits per heavy atom.